The normalized spacial score (nSPS) is 18.2. The molecule has 0 aliphatic carbocycles. The summed E-state index contributed by atoms with van der Waals surface area (Å²) >= 11 is 0. The first-order chi connectivity index (χ1) is 18.1. The molecule has 0 spiro atoms. The van der Waals surface area contributed by atoms with Gasteiger partial charge in [0.1, 0.15) is 11.8 Å². The molecule has 1 aromatic heterocycles. The molecule has 1 aliphatic heterocycles. The van der Waals surface area contributed by atoms with Gasteiger partial charge in [-0.05, 0) is 48.9 Å². The number of nitrogens with one attached hydrogen (secondary N) is 1. The second-order valence-electron chi connectivity index (χ2n) is 9.59. The van der Waals surface area contributed by atoms with E-state index < -0.39 is 28.0 Å². The van der Waals surface area contributed by atoms with Crippen LogP contribution in [0.15, 0.2) is 76.2 Å². The van der Waals surface area contributed by atoms with E-state index in [0.717, 1.165) is 0 Å². The molecule has 10 heteroatoms. The molecule has 3 aromatic rings. The van der Waals surface area contributed by atoms with Crippen LogP contribution >= 0.6 is 0 Å². The van der Waals surface area contributed by atoms with Crippen LogP contribution in [-0.2, 0) is 26.2 Å². The number of furan rings is 1. The first-order valence-electron chi connectivity index (χ1n) is 12.4. The molecule has 198 valence electrons. The maximum atomic E-state index is 13.5. The molecule has 0 saturated carbocycles. The van der Waals surface area contributed by atoms with E-state index in [1.807, 2.05) is 0 Å². The molecule has 9 nitrogen and oxygen atoms in total. The maximum absolute atomic E-state index is 13.5. The van der Waals surface area contributed by atoms with E-state index in [2.05, 4.69) is 11.4 Å². The molecule has 1 fully saturated rings. The fourth-order valence-corrected chi connectivity index (χ4v) is 6.16. The van der Waals surface area contributed by atoms with Crippen LogP contribution < -0.4 is 5.32 Å². The summed E-state index contributed by atoms with van der Waals surface area (Å²) in [5.74, 6) is -0.482. The number of carbonyl (C=O) groups is 2. The fraction of sp³-hybridized carbons (Fsp3) is 0.321. The van der Waals surface area contributed by atoms with Crippen molar-refractivity contribution in [3.63, 3.8) is 0 Å². The summed E-state index contributed by atoms with van der Waals surface area (Å²) in [6, 6.07) is 17.4. The Kier molecular flexibility index (Phi) is 7.99. The van der Waals surface area contributed by atoms with Crippen LogP contribution in [0.5, 0.6) is 0 Å². The molecule has 4 rings (SSSR count). The average Bonchev–Trinajstić information content (AvgIpc) is 3.46. The minimum absolute atomic E-state index is 0.0826. The number of carbonyl (C=O) groups excluding carboxylic acids is 2. The fourth-order valence-electron chi connectivity index (χ4n) is 4.61. The molecule has 2 aromatic carbocycles. The van der Waals surface area contributed by atoms with Crippen molar-refractivity contribution in [2.75, 3.05) is 13.1 Å². The Morgan fingerprint density at radius 1 is 1.11 bits per heavy atom. The number of sulfonamides is 1. The summed E-state index contributed by atoms with van der Waals surface area (Å²) in [7, 11) is -3.86. The van der Waals surface area contributed by atoms with Crippen LogP contribution in [-0.4, -0.2) is 54.6 Å². The highest BCUT2D eigenvalue weighted by Gasteiger charge is 2.43. The lowest BCUT2D eigenvalue weighted by Gasteiger charge is -2.44. The van der Waals surface area contributed by atoms with E-state index in [4.69, 9.17) is 4.42 Å². The minimum Gasteiger partial charge on any atom is -0.464 e. The number of piperazine rings is 1. The Hall–Kier alpha value is -3.94. The number of nitrogens with zero attached hydrogens (tertiary/aromatic N) is 3. The lowest BCUT2D eigenvalue weighted by atomic mass is 10.0. The van der Waals surface area contributed by atoms with E-state index in [1.54, 1.807) is 69.3 Å². The van der Waals surface area contributed by atoms with E-state index in [0.29, 0.717) is 22.5 Å². The summed E-state index contributed by atoms with van der Waals surface area (Å²) in [4.78, 5) is 28.2. The van der Waals surface area contributed by atoms with Crippen LogP contribution in [0.4, 0.5) is 0 Å². The Morgan fingerprint density at radius 2 is 1.84 bits per heavy atom. The van der Waals surface area contributed by atoms with Crippen LogP contribution in [0.1, 0.15) is 31.9 Å². The number of rotatable bonds is 7. The topological polar surface area (TPSA) is 124 Å². The van der Waals surface area contributed by atoms with E-state index in [1.165, 1.54) is 27.6 Å². The van der Waals surface area contributed by atoms with Gasteiger partial charge in [-0.15, -0.1) is 0 Å². The van der Waals surface area contributed by atoms with Crippen LogP contribution in [0, 0.1) is 17.2 Å². The van der Waals surface area contributed by atoms with Crippen molar-refractivity contribution in [2.45, 2.75) is 44.3 Å². The summed E-state index contributed by atoms with van der Waals surface area (Å²) in [6.07, 6.45) is 1.53. The SMILES string of the molecule is CC(C)C(=O)N1[C@H](C)CN(S(=O)(=O)c2ccccc2)C[C@@H]1C(=O)NCc1ccc(-c2ccco2)c(C#N)c1. The third kappa shape index (κ3) is 5.49. The first kappa shape index (κ1) is 27.1. The summed E-state index contributed by atoms with van der Waals surface area (Å²) in [6.45, 7) is 5.28. The zero-order chi connectivity index (χ0) is 27.4. The van der Waals surface area contributed by atoms with Crippen molar-refractivity contribution in [1.82, 2.24) is 14.5 Å². The zero-order valence-electron chi connectivity index (χ0n) is 21.5. The van der Waals surface area contributed by atoms with Crippen molar-refractivity contribution in [3.8, 4) is 17.4 Å². The van der Waals surface area contributed by atoms with Crippen molar-refractivity contribution < 1.29 is 22.4 Å². The van der Waals surface area contributed by atoms with Gasteiger partial charge in [-0.25, -0.2) is 8.42 Å². The first-order valence-corrected chi connectivity index (χ1v) is 13.8. The molecule has 38 heavy (non-hydrogen) atoms. The third-order valence-electron chi connectivity index (χ3n) is 6.54. The molecule has 1 aliphatic rings. The Bertz CT molecular complexity index is 1450. The van der Waals surface area contributed by atoms with Gasteiger partial charge in [0.2, 0.25) is 21.8 Å². The van der Waals surface area contributed by atoms with E-state index >= 15 is 0 Å². The predicted molar refractivity (Wildman–Crippen MR) is 141 cm³/mol. The summed E-state index contributed by atoms with van der Waals surface area (Å²) in [5.41, 5.74) is 1.73. The molecule has 0 radical (unpaired) electrons. The Balaban J connectivity index is 1.57. The number of nitriles is 1. The van der Waals surface area contributed by atoms with Gasteiger partial charge in [0.25, 0.3) is 0 Å². The second kappa shape index (κ2) is 11.2. The molecule has 2 amide bonds. The smallest absolute Gasteiger partial charge is 0.244 e. The molecular formula is C28H30N4O5S. The van der Waals surface area contributed by atoms with E-state index in [9.17, 15) is 23.3 Å². The summed E-state index contributed by atoms with van der Waals surface area (Å²) in [5, 5.41) is 12.5. The molecule has 0 unspecified atom stereocenters. The van der Waals surface area contributed by atoms with Crippen LogP contribution in [0.25, 0.3) is 11.3 Å². The van der Waals surface area contributed by atoms with E-state index in [-0.39, 0.29) is 36.4 Å². The van der Waals surface area contributed by atoms with Gasteiger partial charge in [-0.2, -0.15) is 9.57 Å². The number of hydrogen-bond donors (Lipinski definition) is 1. The Morgan fingerprint density at radius 3 is 2.47 bits per heavy atom. The standard InChI is InChI=1S/C28H30N4O5S/c1-19(2)28(34)32-20(3)17-31(38(35,36)23-8-5-4-6-9-23)18-25(32)27(33)30-16-21-11-12-24(22(14-21)15-29)26-10-7-13-37-26/h4-14,19-20,25H,16-18H2,1-3H3,(H,30,33)/t20-,25-/m1/s1. The third-order valence-corrected chi connectivity index (χ3v) is 8.39. The highest BCUT2D eigenvalue weighted by Crippen LogP contribution is 2.26. The van der Waals surface area contributed by atoms with Crippen LogP contribution in [0.3, 0.4) is 0 Å². The van der Waals surface area contributed by atoms with Gasteiger partial charge >= 0.3 is 0 Å². The zero-order valence-corrected chi connectivity index (χ0v) is 22.3. The van der Waals surface area contributed by atoms with Gasteiger partial charge in [-0.1, -0.05) is 38.1 Å². The summed E-state index contributed by atoms with van der Waals surface area (Å²) < 4.78 is 33.4. The quantitative estimate of drug-likeness (QED) is 0.496. The largest absolute Gasteiger partial charge is 0.464 e. The van der Waals surface area contributed by atoms with Crippen LogP contribution in [0.2, 0.25) is 0 Å². The lowest BCUT2D eigenvalue weighted by Crippen LogP contribution is -2.65. The van der Waals surface area contributed by atoms with Crippen molar-refractivity contribution in [3.05, 3.63) is 78.1 Å². The molecule has 1 saturated heterocycles. The van der Waals surface area contributed by atoms with Gasteiger partial charge in [0, 0.05) is 37.2 Å². The highest BCUT2D eigenvalue weighted by atomic mass is 32.2. The molecule has 2 atom stereocenters. The molecule has 1 N–H and O–H groups in total. The molecule has 2 heterocycles. The monoisotopic (exact) mass is 534 g/mol. The van der Waals surface area contributed by atoms with Gasteiger partial charge in [-0.3, -0.25) is 9.59 Å². The minimum atomic E-state index is -3.86. The van der Waals surface area contributed by atoms with Crippen molar-refractivity contribution >= 4 is 21.8 Å². The van der Waals surface area contributed by atoms with Crippen molar-refractivity contribution in [2.24, 2.45) is 5.92 Å². The number of hydrogen-bond acceptors (Lipinski definition) is 6. The number of amides is 2. The van der Waals surface area contributed by atoms with Crippen molar-refractivity contribution in [1.29, 1.82) is 5.26 Å². The molecular weight excluding hydrogens is 504 g/mol. The van der Waals surface area contributed by atoms with Gasteiger partial charge in [0.05, 0.1) is 22.8 Å². The second-order valence-corrected chi connectivity index (χ2v) is 11.5. The van der Waals surface area contributed by atoms with Gasteiger partial charge < -0.3 is 14.6 Å². The maximum Gasteiger partial charge on any atom is 0.244 e. The number of benzene rings is 2. The predicted octanol–water partition coefficient (Wildman–Crippen LogP) is 3.38. The highest BCUT2D eigenvalue weighted by molar-refractivity contribution is 7.89. The average molecular weight is 535 g/mol. The van der Waals surface area contributed by atoms with Gasteiger partial charge in [0.15, 0.2) is 0 Å². The lowest BCUT2D eigenvalue weighted by molar-refractivity contribution is -0.148. The Labute approximate surface area is 222 Å². The molecule has 0 bridgehead atoms.